The van der Waals surface area contributed by atoms with Gasteiger partial charge in [0, 0.05) is 23.9 Å². The number of aryl methyl sites for hydroxylation is 1. The molecule has 0 saturated carbocycles. The molecule has 168 valence electrons. The first kappa shape index (κ1) is 25.3. The zero-order chi connectivity index (χ0) is 22.6. The van der Waals surface area contributed by atoms with E-state index in [0.717, 1.165) is 35.3 Å². The number of nitrogens with one attached hydrogen (secondary N) is 1. The second-order valence-electron chi connectivity index (χ2n) is 7.64. The van der Waals surface area contributed by atoms with Crippen LogP contribution in [0.5, 0.6) is 0 Å². The molecular formula is C25H33ClN2O2S. The van der Waals surface area contributed by atoms with Gasteiger partial charge in [0.25, 0.3) is 0 Å². The molecule has 0 aliphatic heterocycles. The molecule has 0 aliphatic carbocycles. The van der Waals surface area contributed by atoms with Crippen LogP contribution in [-0.4, -0.2) is 35.1 Å². The average molecular weight is 461 g/mol. The fourth-order valence-electron chi connectivity index (χ4n) is 3.32. The Kier molecular flexibility index (Phi) is 11.0. The van der Waals surface area contributed by atoms with Crippen molar-refractivity contribution in [2.45, 2.75) is 58.4 Å². The number of hydrogen-bond acceptors (Lipinski definition) is 3. The summed E-state index contributed by atoms with van der Waals surface area (Å²) in [4.78, 5) is 27.9. The van der Waals surface area contributed by atoms with Crippen LogP contribution < -0.4 is 5.32 Å². The molecule has 0 aromatic heterocycles. The van der Waals surface area contributed by atoms with Gasteiger partial charge in [-0.25, -0.2) is 0 Å². The van der Waals surface area contributed by atoms with Gasteiger partial charge >= 0.3 is 0 Å². The molecular weight excluding hydrogens is 428 g/mol. The third kappa shape index (κ3) is 8.23. The molecule has 2 aromatic carbocycles. The SMILES string of the molecule is CCCCNC(=O)[C@@H](CC)N(Cc1ccccc1C)C(=O)CSCc1ccc(Cl)cc1. The van der Waals surface area contributed by atoms with Gasteiger partial charge in [-0.1, -0.05) is 68.3 Å². The van der Waals surface area contributed by atoms with Crippen molar-refractivity contribution in [3.05, 3.63) is 70.2 Å². The third-order valence-electron chi connectivity index (χ3n) is 5.22. The van der Waals surface area contributed by atoms with Crippen molar-refractivity contribution in [3.63, 3.8) is 0 Å². The quantitative estimate of drug-likeness (QED) is 0.419. The molecule has 6 heteroatoms. The molecule has 1 N–H and O–H groups in total. The normalized spacial score (nSPS) is 11.7. The fourth-order valence-corrected chi connectivity index (χ4v) is 4.31. The molecule has 2 rings (SSSR count). The molecule has 2 amide bonds. The Hall–Kier alpha value is -1.98. The van der Waals surface area contributed by atoms with E-state index in [1.165, 1.54) is 0 Å². The molecule has 0 unspecified atom stereocenters. The molecule has 31 heavy (non-hydrogen) atoms. The molecule has 0 saturated heterocycles. The topological polar surface area (TPSA) is 49.4 Å². The highest BCUT2D eigenvalue weighted by atomic mass is 35.5. The lowest BCUT2D eigenvalue weighted by molar-refractivity contribution is -0.139. The van der Waals surface area contributed by atoms with Crippen LogP contribution in [0.15, 0.2) is 48.5 Å². The highest BCUT2D eigenvalue weighted by Gasteiger charge is 2.28. The average Bonchev–Trinajstić information content (AvgIpc) is 2.76. The van der Waals surface area contributed by atoms with Gasteiger partial charge in [0.1, 0.15) is 6.04 Å². The fraction of sp³-hybridized carbons (Fsp3) is 0.440. The Bertz CT molecular complexity index is 842. The van der Waals surface area contributed by atoms with Crippen molar-refractivity contribution in [2.75, 3.05) is 12.3 Å². The highest BCUT2D eigenvalue weighted by molar-refractivity contribution is 7.99. The number of halogens is 1. The van der Waals surface area contributed by atoms with Crippen molar-refractivity contribution in [2.24, 2.45) is 0 Å². The summed E-state index contributed by atoms with van der Waals surface area (Å²) in [6.07, 6.45) is 2.53. The van der Waals surface area contributed by atoms with Crippen molar-refractivity contribution in [1.29, 1.82) is 0 Å². The summed E-state index contributed by atoms with van der Waals surface area (Å²) in [5, 5.41) is 3.71. The molecule has 0 aliphatic rings. The first-order chi connectivity index (χ1) is 15.0. The predicted octanol–water partition coefficient (Wildman–Crippen LogP) is 5.61. The van der Waals surface area contributed by atoms with Gasteiger partial charge in [-0.2, -0.15) is 0 Å². The minimum atomic E-state index is -0.472. The number of carbonyl (C=O) groups excluding carboxylic acids is 2. The van der Waals surface area contributed by atoms with E-state index in [-0.39, 0.29) is 11.8 Å². The van der Waals surface area contributed by atoms with E-state index in [9.17, 15) is 9.59 Å². The zero-order valence-electron chi connectivity index (χ0n) is 18.7. The molecule has 2 aromatic rings. The number of carbonyl (C=O) groups is 2. The minimum absolute atomic E-state index is 0.0142. The van der Waals surface area contributed by atoms with E-state index in [1.54, 1.807) is 16.7 Å². The standard InChI is InChI=1S/C25H33ClN2O2S/c1-4-6-15-27-25(30)23(5-2)28(16-21-10-8-7-9-19(21)3)24(29)18-31-17-20-11-13-22(26)14-12-20/h7-14,23H,4-6,15-18H2,1-3H3,(H,27,30)/t23-/m1/s1. The Balaban J connectivity index is 2.10. The largest absolute Gasteiger partial charge is 0.354 e. The summed E-state index contributed by atoms with van der Waals surface area (Å²) in [5.41, 5.74) is 3.31. The Labute approximate surface area is 195 Å². The summed E-state index contributed by atoms with van der Waals surface area (Å²) in [6, 6.07) is 15.2. The molecule has 0 spiro atoms. The van der Waals surface area contributed by atoms with Gasteiger partial charge in [0.05, 0.1) is 5.75 Å². The number of amides is 2. The molecule has 1 atom stereocenters. The highest BCUT2D eigenvalue weighted by Crippen LogP contribution is 2.19. The van der Waals surface area contributed by atoms with Crippen LogP contribution >= 0.6 is 23.4 Å². The smallest absolute Gasteiger partial charge is 0.242 e. The number of hydrogen-bond donors (Lipinski definition) is 1. The van der Waals surface area contributed by atoms with Gasteiger partial charge < -0.3 is 10.2 Å². The molecule has 0 heterocycles. The summed E-state index contributed by atoms with van der Waals surface area (Å²) in [6.45, 7) is 7.17. The van der Waals surface area contributed by atoms with Crippen molar-refractivity contribution < 1.29 is 9.59 Å². The molecule has 4 nitrogen and oxygen atoms in total. The van der Waals surface area contributed by atoms with Crippen LogP contribution in [0.25, 0.3) is 0 Å². The van der Waals surface area contributed by atoms with E-state index < -0.39 is 6.04 Å². The van der Waals surface area contributed by atoms with Crippen molar-refractivity contribution in [1.82, 2.24) is 10.2 Å². The van der Waals surface area contributed by atoms with Crippen LogP contribution in [0.3, 0.4) is 0 Å². The van der Waals surface area contributed by atoms with Crippen LogP contribution in [0.2, 0.25) is 5.02 Å². The van der Waals surface area contributed by atoms with E-state index in [1.807, 2.05) is 62.4 Å². The van der Waals surface area contributed by atoms with Gasteiger partial charge in [0.2, 0.25) is 11.8 Å². The summed E-state index contributed by atoms with van der Waals surface area (Å²) in [7, 11) is 0. The zero-order valence-corrected chi connectivity index (χ0v) is 20.3. The summed E-state index contributed by atoms with van der Waals surface area (Å²) < 4.78 is 0. The molecule has 0 bridgehead atoms. The minimum Gasteiger partial charge on any atom is -0.354 e. The van der Waals surface area contributed by atoms with E-state index in [0.29, 0.717) is 30.3 Å². The lowest BCUT2D eigenvalue weighted by atomic mass is 10.1. The first-order valence-corrected chi connectivity index (χ1v) is 12.4. The number of rotatable bonds is 12. The van der Waals surface area contributed by atoms with E-state index in [4.69, 9.17) is 11.6 Å². The molecule has 0 fully saturated rings. The number of nitrogens with zero attached hydrogens (tertiary/aromatic N) is 1. The van der Waals surface area contributed by atoms with Crippen LogP contribution in [0.4, 0.5) is 0 Å². The number of unbranched alkanes of at least 4 members (excludes halogenated alkanes) is 1. The first-order valence-electron chi connectivity index (χ1n) is 10.9. The third-order valence-corrected chi connectivity index (χ3v) is 6.47. The van der Waals surface area contributed by atoms with Crippen LogP contribution in [0.1, 0.15) is 49.8 Å². The lowest BCUT2D eigenvalue weighted by Crippen LogP contribution is -2.49. The maximum absolute atomic E-state index is 13.2. The van der Waals surface area contributed by atoms with Gasteiger partial charge in [-0.3, -0.25) is 9.59 Å². The number of thioether (sulfide) groups is 1. The predicted molar refractivity (Wildman–Crippen MR) is 131 cm³/mol. The van der Waals surface area contributed by atoms with Gasteiger partial charge in [-0.15, -0.1) is 11.8 Å². The lowest BCUT2D eigenvalue weighted by Gasteiger charge is -2.31. The van der Waals surface area contributed by atoms with Gasteiger partial charge in [-0.05, 0) is 48.6 Å². The maximum Gasteiger partial charge on any atom is 0.242 e. The Morgan fingerprint density at radius 3 is 2.45 bits per heavy atom. The Morgan fingerprint density at radius 2 is 1.81 bits per heavy atom. The van der Waals surface area contributed by atoms with Crippen molar-refractivity contribution >= 4 is 35.2 Å². The summed E-state index contributed by atoms with van der Waals surface area (Å²) >= 11 is 7.51. The Morgan fingerprint density at radius 1 is 1.10 bits per heavy atom. The van der Waals surface area contributed by atoms with E-state index in [2.05, 4.69) is 12.2 Å². The van der Waals surface area contributed by atoms with E-state index >= 15 is 0 Å². The maximum atomic E-state index is 13.2. The van der Waals surface area contributed by atoms with Crippen molar-refractivity contribution in [3.8, 4) is 0 Å². The molecule has 0 radical (unpaired) electrons. The second-order valence-corrected chi connectivity index (χ2v) is 9.06. The summed E-state index contributed by atoms with van der Waals surface area (Å²) in [5.74, 6) is 0.966. The number of benzene rings is 2. The van der Waals surface area contributed by atoms with Gasteiger partial charge in [0.15, 0.2) is 0 Å². The van der Waals surface area contributed by atoms with Crippen LogP contribution in [0, 0.1) is 6.92 Å². The van der Waals surface area contributed by atoms with Crippen LogP contribution in [-0.2, 0) is 21.9 Å². The second kappa shape index (κ2) is 13.4. The monoisotopic (exact) mass is 460 g/mol.